The van der Waals surface area contributed by atoms with E-state index in [1.807, 2.05) is 11.3 Å². The Labute approximate surface area is 110 Å². The molecule has 1 aliphatic carbocycles. The number of nitrogens with one attached hydrogen (secondary N) is 1. The van der Waals surface area contributed by atoms with E-state index in [9.17, 15) is 0 Å². The van der Waals surface area contributed by atoms with E-state index in [1.54, 1.807) is 0 Å². The van der Waals surface area contributed by atoms with E-state index in [-0.39, 0.29) is 0 Å². The molecule has 0 unspecified atom stereocenters. The maximum absolute atomic E-state index is 3.72. The zero-order valence-corrected chi connectivity index (χ0v) is 12.1. The predicted molar refractivity (Wildman–Crippen MR) is 76.5 cm³/mol. The zero-order valence-electron chi connectivity index (χ0n) is 11.3. The van der Waals surface area contributed by atoms with Crippen LogP contribution in [-0.4, -0.2) is 6.04 Å². The highest BCUT2D eigenvalue weighted by molar-refractivity contribution is 7.11. The highest BCUT2D eigenvalue weighted by atomic mass is 32.1. The van der Waals surface area contributed by atoms with Gasteiger partial charge in [0.15, 0.2) is 0 Å². The van der Waals surface area contributed by atoms with Crippen molar-refractivity contribution >= 4 is 11.3 Å². The molecule has 0 aliphatic heterocycles. The summed E-state index contributed by atoms with van der Waals surface area (Å²) in [6, 6.07) is 5.23. The van der Waals surface area contributed by atoms with Crippen LogP contribution in [0.25, 0.3) is 0 Å². The number of rotatable bonds is 4. The molecule has 96 valence electrons. The molecule has 0 bridgehead atoms. The summed E-state index contributed by atoms with van der Waals surface area (Å²) >= 11 is 1.92. The normalized spacial score (nSPS) is 25.4. The van der Waals surface area contributed by atoms with Gasteiger partial charge in [0.2, 0.25) is 0 Å². The molecule has 0 amide bonds. The van der Waals surface area contributed by atoms with E-state index in [0.29, 0.717) is 0 Å². The maximum Gasteiger partial charge on any atom is 0.0302 e. The highest BCUT2D eigenvalue weighted by Gasteiger charge is 2.22. The number of hydrogen-bond donors (Lipinski definition) is 1. The van der Waals surface area contributed by atoms with Crippen LogP contribution in [0.4, 0.5) is 0 Å². The SMILES string of the molecule is Cc1ccc(CNC2CCC(C(C)C)CC2)s1. The summed E-state index contributed by atoms with van der Waals surface area (Å²) in [5, 5.41) is 3.72. The number of aryl methyl sites for hydroxylation is 1. The van der Waals surface area contributed by atoms with Crippen LogP contribution >= 0.6 is 11.3 Å². The van der Waals surface area contributed by atoms with Crippen LogP contribution < -0.4 is 5.32 Å². The highest BCUT2D eigenvalue weighted by Crippen LogP contribution is 2.30. The van der Waals surface area contributed by atoms with Gasteiger partial charge < -0.3 is 5.32 Å². The van der Waals surface area contributed by atoms with E-state index in [0.717, 1.165) is 24.4 Å². The molecule has 0 aromatic carbocycles. The molecule has 1 heterocycles. The van der Waals surface area contributed by atoms with E-state index < -0.39 is 0 Å². The fraction of sp³-hybridized carbons (Fsp3) is 0.733. The fourth-order valence-electron chi connectivity index (χ4n) is 2.82. The van der Waals surface area contributed by atoms with Crippen molar-refractivity contribution in [3.05, 3.63) is 21.9 Å². The lowest BCUT2D eigenvalue weighted by atomic mass is 9.80. The Balaban J connectivity index is 1.71. The third-order valence-corrected chi connectivity index (χ3v) is 5.08. The molecule has 0 spiro atoms. The summed E-state index contributed by atoms with van der Waals surface area (Å²) in [5.41, 5.74) is 0. The first kappa shape index (κ1) is 13.1. The Hall–Kier alpha value is -0.340. The maximum atomic E-state index is 3.72. The van der Waals surface area contributed by atoms with Gasteiger partial charge in [-0.25, -0.2) is 0 Å². The topological polar surface area (TPSA) is 12.0 Å². The van der Waals surface area contributed by atoms with Gasteiger partial charge in [-0.15, -0.1) is 11.3 Å². The van der Waals surface area contributed by atoms with Crippen molar-refractivity contribution in [1.29, 1.82) is 0 Å². The molecule has 0 radical (unpaired) electrons. The molecule has 1 aromatic heterocycles. The van der Waals surface area contributed by atoms with Gasteiger partial charge in [0, 0.05) is 22.3 Å². The first-order valence-corrected chi connectivity index (χ1v) is 7.75. The van der Waals surface area contributed by atoms with Crippen LogP contribution in [0.2, 0.25) is 0 Å². The molecule has 1 fully saturated rings. The van der Waals surface area contributed by atoms with Crippen LogP contribution in [0.3, 0.4) is 0 Å². The van der Waals surface area contributed by atoms with Gasteiger partial charge in [0.05, 0.1) is 0 Å². The minimum absolute atomic E-state index is 0.757. The van der Waals surface area contributed by atoms with Gasteiger partial charge in [-0.05, 0) is 56.6 Å². The van der Waals surface area contributed by atoms with Gasteiger partial charge in [-0.3, -0.25) is 0 Å². The second-order valence-corrected chi connectivity index (χ2v) is 7.12. The van der Waals surface area contributed by atoms with Crippen molar-refractivity contribution in [3.63, 3.8) is 0 Å². The predicted octanol–water partition coefficient (Wildman–Crippen LogP) is 4.36. The number of thiophene rings is 1. The van der Waals surface area contributed by atoms with Crippen molar-refractivity contribution in [2.75, 3.05) is 0 Å². The lowest BCUT2D eigenvalue weighted by Gasteiger charge is -2.31. The van der Waals surface area contributed by atoms with Crippen LogP contribution in [0.5, 0.6) is 0 Å². The van der Waals surface area contributed by atoms with Gasteiger partial charge in [-0.2, -0.15) is 0 Å². The Morgan fingerprint density at radius 1 is 1.24 bits per heavy atom. The summed E-state index contributed by atoms with van der Waals surface area (Å²) in [6.07, 6.45) is 5.57. The van der Waals surface area contributed by atoms with Crippen LogP contribution in [-0.2, 0) is 6.54 Å². The van der Waals surface area contributed by atoms with E-state index in [2.05, 4.69) is 38.2 Å². The summed E-state index contributed by atoms with van der Waals surface area (Å²) in [7, 11) is 0. The molecule has 2 heteroatoms. The largest absolute Gasteiger partial charge is 0.309 e. The summed E-state index contributed by atoms with van der Waals surface area (Å²) in [5.74, 6) is 1.84. The molecule has 1 aromatic rings. The van der Waals surface area contributed by atoms with E-state index >= 15 is 0 Å². The van der Waals surface area contributed by atoms with Crippen molar-refractivity contribution in [2.45, 2.75) is 59.0 Å². The smallest absolute Gasteiger partial charge is 0.0302 e. The molecule has 0 atom stereocenters. The third kappa shape index (κ3) is 3.82. The minimum atomic E-state index is 0.757. The Morgan fingerprint density at radius 3 is 2.47 bits per heavy atom. The molecular weight excluding hydrogens is 226 g/mol. The first-order valence-electron chi connectivity index (χ1n) is 6.94. The van der Waals surface area contributed by atoms with Gasteiger partial charge in [-0.1, -0.05) is 13.8 Å². The second-order valence-electron chi connectivity index (χ2n) is 5.75. The van der Waals surface area contributed by atoms with Crippen molar-refractivity contribution in [1.82, 2.24) is 5.32 Å². The van der Waals surface area contributed by atoms with Crippen LogP contribution in [0.1, 0.15) is 49.3 Å². The summed E-state index contributed by atoms with van der Waals surface area (Å²) < 4.78 is 0. The fourth-order valence-corrected chi connectivity index (χ4v) is 3.66. The van der Waals surface area contributed by atoms with Gasteiger partial charge in [0.1, 0.15) is 0 Å². The lowest BCUT2D eigenvalue weighted by molar-refractivity contribution is 0.238. The van der Waals surface area contributed by atoms with Crippen LogP contribution in [0.15, 0.2) is 12.1 Å². The van der Waals surface area contributed by atoms with Crippen LogP contribution in [0, 0.1) is 18.8 Å². The molecule has 1 aliphatic rings. The first-order chi connectivity index (χ1) is 8.15. The molecular formula is C15H25NS. The average Bonchev–Trinajstić information content (AvgIpc) is 2.73. The van der Waals surface area contributed by atoms with Gasteiger partial charge in [0.25, 0.3) is 0 Å². The average molecular weight is 251 g/mol. The summed E-state index contributed by atoms with van der Waals surface area (Å²) in [4.78, 5) is 2.90. The monoisotopic (exact) mass is 251 g/mol. The minimum Gasteiger partial charge on any atom is -0.309 e. The molecule has 1 saturated carbocycles. The molecule has 1 nitrogen and oxygen atoms in total. The number of hydrogen-bond acceptors (Lipinski definition) is 2. The van der Waals surface area contributed by atoms with Crippen molar-refractivity contribution < 1.29 is 0 Å². The Bertz CT molecular complexity index is 334. The quantitative estimate of drug-likeness (QED) is 0.838. The lowest BCUT2D eigenvalue weighted by Crippen LogP contribution is -2.33. The standard InChI is InChI=1S/C15H25NS/c1-11(2)13-5-7-14(8-6-13)16-10-15-9-4-12(3)17-15/h4,9,11,13-14,16H,5-8,10H2,1-3H3. The zero-order chi connectivity index (χ0) is 12.3. The molecule has 2 rings (SSSR count). The molecule has 17 heavy (non-hydrogen) atoms. The third-order valence-electron chi connectivity index (χ3n) is 4.08. The van der Waals surface area contributed by atoms with Gasteiger partial charge >= 0.3 is 0 Å². The molecule has 1 N–H and O–H groups in total. The van der Waals surface area contributed by atoms with E-state index in [4.69, 9.17) is 0 Å². The van der Waals surface area contributed by atoms with Crippen molar-refractivity contribution in [3.8, 4) is 0 Å². The Morgan fingerprint density at radius 2 is 1.94 bits per heavy atom. The molecule has 0 saturated heterocycles. The second kappa shape index (κ2) is 6.01. The Kier molecular flexibility index (Phi) is 4.63. The summed E-state index contributed by atoms with van der Waals surface area (Å²) in [6.45, 7) is 7.98. The van der Waals surface area contributed by atoms with E-state index in [1.165, 1.54) is 35.4 Å². The van der Waals surface area contributed by atoms with Crippen molar-refractivity contribution in [2.24, 2.45) is 11.8 Å².